The molecule has 7 heteroatoms. The van der Waals surface area contributed by atoms with Gasteiger partial charge in [-0.15, -0.1) is 0 Å². The smallest absolute Gasteiger partial charge is 0.335 e. The number of nitrogens with one attached hydrogen (secondary N) is 2. The van der Waals surface area contributed by atoms with Gasteiger partial charge in [-0.1, -0.05) is 37.5 Å². The molecule has 0 spiro atoms. The molecule has 160 valence electrons. The summed E-state index contributed by atoms with van der Waals surface area (Å²) in [5, 5.41) is 6.97. The van der Waals surface area contributed by atoms with Crippen molar-refractivity contribution in [1.82, 2.24) is 10.7 Å². The summed E-state index contributed by atoms with van der Waals surface area (Å²) >= 11 is 0. The van der Waals surface area contributed by atoms with Crippen LogP contribution in [0.1, 0.15) is 37.7 Å². The molecule has 1 aliphatic carbocycles. The minimum Gasteiger partial charge on any atom is -0.493 e. The van der Waals surface area contributed by atoms with E-state index in [-0.39, 0.29) is 12.1 Å². The molecule has 3 rings (SSSR count). The molecular formula is C23H29N3O4. The van der Waals surface area contributed by atoms with Crippen molar-refractivity contribution in [2.75, 3.05) is 20.3 Å². The maximum absolute atomic E-state index is 11.9. The van der Waals surface area contributed by atoms with E-state index in [9.17, 15) is 4.79 Å². The van der Waals surface area contributed by atoms with Crippen molar-refractivity contribution in [3.05, 3.63) is 54.1 Å². The highest BCUT2D eigenvalue weighted by Crippen LogP contribution is 2.27. The van der Waals surface area contributed by atoms with E-state index >= 15 is 0 Å². The van der Waals surface area contributed by atoms with Crippen molar-refractivity contribution >= 4 is 12.2 Å². The van der Waals surface area contributed by atoms with Crippen LogP contribution in [-0.4, -0.2) is 38.6 Å². The first-order valence-electron chi connectivity index (χ1n) is 10.3. The van der Waals surface area contributed by atoms with Crippen LogP contribution in [0.2, 0.25) is 0 Å². The molecular weight excluding hydrogens is 382 g/mol. The lowest BCUT2D eigenvalue weighted by molar-refractivity contribution is 0.211. The topological polar surface area (TPSA) is 81.2 Å². The maximum atomic E-state index is 11.9. The summed E-state index contributed by atoms with van der Waals surface area (Å²) in [5.74, 6) is 2.01. The monoisotopic (exact) mass is 411 g/mol. The Labute approximate surface area is 177 Å². The van der Waals surface area contributed by atoms with E-state index in [1.165, 1.54) is 19.3 Å². The van der Waals surface area contributed by atoms with E-state index < -0.39 is 0 Å². The van der Waals surface area contributed by atoms with Gasteiger partial charge < -0.3 is 19.5 Å². The second-order valence-corrected chi connectivity index (χ2v) is 7.10. The van der Waals surface area contributed by atoms with Gasteiger partial charge in [-0.05, 0) is 48.7 Å². The van der Waals surface area contributed by atoms with Crippen LogP contribution in [0.3, 0.4) is 0 Å². The van der Waals surface area contributed by atoms with Gasteiger partial charge in [-0.2, -0.15) is 5.10 Å². The summed E-state index contributed by atoms with van der Waals surface area (Å²) in [6.45, 7) is 0.817. The van der Waals surface area contributed by atoms with E-state index in [2.05, 4.69) is 15.8 Å². The second-order valence-electron chi connectivity index (χ2n) is 7.10. The molecule has 0 radical (unpaired) electrons. The molecule has 2 amide bonds. The van der Waals surface area contributed by atoms with Gasteiger partial charge in [0.1, 0.15) is 19.0 Å². The van der Waals surface area contributed by atoms with E-state index in [1.807, 2.05) is 42.5 Å². The lowest BCUT2D eigenvalue weighted by Crippen LogP contribution is -2.41. The van der Waals surface area contributed by atoms with Crippen molar-refractivity contribution in [3.8, 4) is 17.2 Å². The molecule has 30 heavy (non-hydrogen) atoms. The normalized spacial score (nSPS) is 14.3. The quantitative estimate of drug-likeness (QED) is 0.369. The first-order valence-corrected chi connectivity index (χ1v) is 10.3. The molecule has 0 unspecified atom stereocenters. The van der Waals surface area contributed by atoms with Crippen LogP contribution in [-0.2, 0) is 0 Å². The number of urea groups is 1. The van der Waals surface area contributed by atoms with Gasteiger partial charge in [0.15, 0.2) is 11.5 Å². The molecule has 0 aliphatic heterocycles. The maximum Gasteiger partial charge on any atom is 0.335 e. The Morgan fingerprint density at radius 3 is 2.57 bits per heavy atom. The van der Waals surface area contributed by atoms with Crippen LogP contribution in [0.15, 0.2) is 53.6 Å². The molecule has 0 atom stereocenters. The zero-order valence-corrected chi connectivity index (χ0v) is 17.3. The summed E-state index contributed by atoms with van der Waals surface area (Å²) in [6, 6.07) is 15.0. The third-order valence-corrected chi connectivity index (χ3v) is 4.86. The average Bonchev–Trinajstić information content (AvgIpc) is 2.78. The van der Waals surface area contributed by atoms with Crippen LogP contribution < -0.4 is 25.0 Å². The van der Waals surface area contributed by atoms with Gasteiger partial charge in [0.05, 0.1) is 13.3 Å². The fourth-order valence-electron chi connectivity index (χ4n) is 3.34. The number of rotatable bonds is 9. The molecule has 0 saturated heterocycles. The average molecular weight is 412 g/mol. The zero-order valence-electron chi connectivity index (χ0n) is 17.3. The number of amides is 2. The summed E-state index contributed by atoms with van der Waals surface area (Å²) in [4.78, 5) is 11.9. The number of hydrazone groups is 1. The molecule has 2 aromatic carbocycles. The number of para-hydroxylation sites is 1. The standard InChI is InChI=1S/C23H29N3O4/c1-28-22-16-18(17-24-26-23(27)25-19-8-4-2-5-9-19)12-13-21(22)30-15-14-29-20-10-6-3-7-11-20/h3,6-7,10-13,16-17,19H,2,4-5,8-9,14-15H2,1H3,(H2,25,26,27)/b24-17+. The second kappa shape index (κ2) is 11.7. The van der Waals surface area contributed by atoms with Crippen molar-refractivity contribution in [3.63, 3.8) is 0 Å². The molecule has 1 saturated carbocycles. The largest absolute Gasteiger partial charge is 0.493 e. The Morgan fingerprint density at radius 2 is 1.80 bits per heavy atom. The van der Waals surface area contributed by atoms with Gasteiger partial charge in [-0.3, -0.25) is 0 Å². The molecule has 2 N–H and O–H groups in total. The Morgan fingerprint density at radius 1 is 1.03 bits per heavy atom. The van der Waals surface area contributed by atoms with Crippen LogP contribution in [0.5, 0.6) is 17.2 Å². The van der Waals surface area contributed by atoms with Crippen molar-refractivity contribution in [2.45, 2.75) is 38.1 Å². The number of carbonyl (C=O) groups is 1. The molecule has 7 nitrogen and oxygen atoms in total. The lowest BCUT2D eigenvalue weighted by Gasteiger charge is -2.22. The fourth-order valence-corrected chi connectivity index (χ4v) is 3.34. The van der Waals surface area contributed by atoms with E-state index in [0.29, 0.717) is 24.7 Å². The minimum atomic E-state index is -0.275. The number of ether oxygens (including phenoxy) is 3. The molecule has 0 aromatic heterocycles. The summed E-state index contributed by atoms with van der Waals surface area (Å²) in [7, 11) is 1.58. The van der Waals surface area contributed by atoms with Crippen LogP contribution >= 0.6 is 0 Å². The first-order chi connectivity index (χ1) is 14.7. The summed E-state index contributed by atoms with van der Waals surface area (Å²) < 4.78 is 16.8. The molecule has 2 aromatic rings. The van der Waals surface area contributed by atoms with Gasteiger partial charge in [0.25, 0.3) is 0 Å². The van der Waals surface area contributed by atoms with Crippen molar-refractivity contribution in [1.29, 1.82) is 0 Å². The first kappa shape index (κ1) is 21.5. The Balaban J connectivity index is 1.44. The Hall–Kier alpha value is -3.22. The number of methoxy groups -OCH3 is 1. The van der Waals surface area contributed by atoms with E-state index in [1.54, 1.807) is 19.4 Å². The third-order valence-electron chi connectivity index (χ3n) is 4.86. The highest BCUT2D eigenvalue weighted by atomic mass is 16.5. The van der Waals surface area contributed by atoms with Crippen LogP contribution in [0, 0.1) is 0 Å². The third kappa shape index (κ3) is 6.99. The number of nitrogens with zero attached hydrogens (tertiary/aromatic N) is 1. The SMILES string of the molecule is COc1cc(/C=N/NC(=O)NC2CCCCC2)ccc1OCCOc1ccccc1. The number of carbonyl (C=O) groups excluding carboxylic acids is 1. The van der Waals surface area contributed by atoms with E-state index in [0.717, 1.165) is 24.2 Å². The predicted molar refractivity (Wildman–Crippen MR) is 117 cm³/mol. The summed E-state index contributed by atoms with van der Waals surface area (Å²) in [6.07, 6.45) is 7.23. The minimum absolute atomic E-state index is 0.247. The molecule has 0 bridgehead atoms. The Bertz CT molecular complexity index is 820. The fraction of sp³-hybridized carbons (Fsp3) is 0.391. The lowest BCUT2D eigenvalue weighted by atomic mass is 9.96. The number of benzene rings is 2. The van der Waals surface area contributed by atoms with Crippen LogP contribution in [0.4, 0.5) is 4.79 Å². The van der Waals surface area contributed by atoms with Gasteiger partial charge >= 0.3 is 6.03 Å². The van der Waals surface area contributed by atoms with Gasteiger partial charge in [-0.25, -0.2) is 10.2 Å². The van der Waals surface area contributed by atoms with Gasteiger partial charge in [0, 0.05) is 6.04 Å². The highest BCUT2D eigenvalue weighted by molar-refractivity contribution is 5.82. The molecule has 1 aliphatic rings. The Kier molecular flexibility index (Phi) is 8.38. The molecule has 1 fully saturated rings. The molecule has 0 heterocycles. The predicted octanol–water partition coefficient (Wildman–Crippen LogP) is 4.12. The number of hydrogen-bond donors (Lipinski definition) is 2. The van der Waals surface area contributed by atoms with Crippen molar-refractivity contribution < 1.29 is 19.0 Å². The van der Waals surface area contributed by atoms with Crippen molar-refractivity contribution in [2.24, 2.45) is 5.10 Å². The van der Waals surface area contributed by atoms with Gasteiger partial charge in [0.2, 0.25) is 0 Å². The highest BCUT2D eigenvalue weighted by Gasteiger charge is 2.15. The number of hydrogen-bond acceptors (Lipinski definition) is 5. The van der Waals surface area contributed by atoms with E-state index in [4.69, 9.17) is 14.2 Å². The zero-order chi connectivity index (χ0) is 21.0. The summed E-state index contributed by atoms with van der Waals surface area (Å²) in [5.41, 5.74) is 3.31. The van der Waals surface area contributed by atoms with Crippen LogP contribution in [0.25, 0.3) is 0 Å².